The lowest BCUT2D eigenvalue weighted by molar-refractivity contribution is 0.0696. The normalized spacial score (nSPS) is 13.2. The Balaban J connectivity index is 2.72. The number of hydrogen-bond donors (Lipinski definition) is 3. The van der Waals surface area contributed by atoms with E-state index < -0.39 is 22.1 Å². The summed E-state index contributed by atoms with van der Waals surface area (Å²) in [6.07, 6.45) is 0.535. The number of aliphatic hydroxyl groups is 1. The highest BCUT2D eigenvalue weighted by molar-refractivity contribution is 7.89. The van der Waals surface area contributed by atoms with Crippen LogP contribution in [0.2, 0.25) is 0 Å². The number of carboxylic acids is 1. The molecule has 0 amide bonds. The van der Waals surface area contributed by atoms with E-state index in [-0.39, 0.29) is 17.0 Å². The summed E-state index contributed by atoms with van der Waals surface area (Å²) in [7, 11) is -3.71. The lowest BCUT2D eigenvalue weighted by atomic mass is 10.2. The van der Waals surface area contributed by atoms with Gasteiger partial charge in [0.25, 0.3) is 0 Å². The molecule has 1 unspecified atom stereocenters. The van der Waals surface area contributed by atoms with Crippen molar-refractivity contribution in [3.63, 3.8) is 0 Å². The van der Waals surface area contributed by atoms with Crippen molar-refractivity contribution in [1.82, 2.24) is 4.72 Å². The van der Waals surface area contributed by atoms with Gasteiger partial charge in [-0.25, -0.2) is 17.9 Å². The number of aromatic carboxylic acids is 1. The molecule has 0 bridgehead atoms. The molecule has 19 heavy (non-hydrogen) atoms. The fraction of sp³-hybridized carbons (Fsp3) is 0.417. The van der Waals surface area contributed by atoms with E-state index in [1.807, 2.05) is 0 Å². The van der Waals surface area contributed by atoms with E-state index in [4.69, 9.17) is 10.2 Å². The zero-order valence-electron chi connectivity index (χ0n) is 10.5. The molecule has 1 aromatic carbocycles. The maximum atomic E-state index is 11.9. The lowest BCUT2D eigenvalue weighted by Gasteiger charge is -2.08. The minimum absolute atomic E-state index is 0.0770. The Morgan fingerprint density at radius 3 is 2.68 bits per heavy atom. The van der Waals surface area contributed by atoms with E-state index in [1.165, 1.54) is 18.2 Å². The van der Waals surface area contributed by atoms with E-state index in [1.54, 1.807) is 6.92 Å². The average molecular weight is 287 g/mol. The maximum absolute atomic E-state index is 11.9. The van der Waals surface area contributed by atoms with Crippen LogP contribution in [-0.4, -0.2) is 37.2 Å². The van der Waals surface area contributed by atoms with Crippen LogP contribution in [0.1, 0.15) is 30.1 Å². The molecule has 7 heteroatoms. The van der Waals surface area contributed by atoms with Crippen molar-refractivity contribution in [2.45, 2.75) is 30.8 Å². The summed E-state index contributed by atoms with van der Waals surface area (Å²) in [4.78, 5) is 10.7. The van der Waals surface area contributed by atoms with Gasteiger partial charge in [-0.15, -0.1) is 0 Å². The van der Waals surface area contributed by atoms with E-state index in [9.17, 15) is 13.2 Å². The molecule has 0 spiro atoms. The van der Waals surface area contributed by atoms with Crippen LogP contribution in [0, 0.1) is 0 Å². The van der Waals surface area contributed by atoms with Gasteiger partial charge in [0.05, 0.1) is 16.6 Å². The molecule has 0 radical (unpaired) electrons. The summed E-state index contributed by atoms with van der Waals surface area (Å²) in [5, 5.41) is 17.9. The van der Waals surface area contributed by atoms with Crippen molar-refractivity contribution in [2.75, 3.05) is 6.54 Å². The van der Waals surface area contributed by atoms with Crippen LogP contribution >= 0.6 is 0 Å². The molecule has 0 saturated carbocycles. The predicted molar refractivity (Wildman–Crippen MR) is 69.5 cm³/mol. The number of sulfonamides is 1. The van der Waals surface area contributed by atoms with Crippen LogP contribution in [-0.2, 0) is 10.0 Å². The summed E-state index contributed by atoms with van der Waals surface area (Å²) >= 11 is 0. The summed E-state index contributed by atoms with van der Waals surface area (Å²) in [5.41, 5.74) is -0.0770. The van der Waals surface area contributed by atoms with E-state index >= 15 is 0 Å². The van der Waals surface area contributed by atoms with Gasteiger partial charge < -0.3 is 10.2 Å². The second kappa shape index (κ2) is 6.65. The number of nitrogens with one attached hydrogen (secondary N) is 1. The minimum Gasteiger partial charge on any atom is -0.478 e. The molecule has 1 atom stereocenters. The molecule has 3 N–H and O–H groups in total. The fourth-order valence-electron chi connectivity index (χ4n) is 1.48. The molecule has 1 rings (SSSR count). The monoisotopic (exact) mass is 287 g/mol. The van der Waals surface area contributed by atoms with Crippen molar-refractivity contribution in [3.8, 4) is 0 Å². The topological polar surface area (TPSA) is 104 Å². The molecular weight excluding hydrogens is 270 g/mol. The first-order valence-corrected chi connectivity index (χ1v) is 7.32. The van der Waals surface area contributed by atoms with E-state index in [2.05, 4.69) is 4.72 Å². The van der Waals surface area contributed by atoms with Crippen LogP contribution in [0.4, 0.5) is 0 Å². The predicted octanol–water partition coefficient (Wildman–Crippen LogP) is 0.824. The van der Waals surface area contributed by atoms with Crippen LogP contribution < -0.4 is 4.72 Å². The molecule has 0 fully saturated rings. The summed E-state index contributed by atoms with van der Waals surface area (Å²) < 4.78 is 26.1. The second-order valence-electron chi connectivity index (χ2n) is 4.22. The molecule has 0 saturated heterocycles. The standard InChI is InChI=1S/C12H17NO5S/c1-9(14)4-3-7-13-19(17,18)11-6-2-5-10(8-11)12(15)16/h2,5-6,8-9,13-14H,3-4,7H2,1H3,(H,15,16). The first kappa shape index (κ1) is 15.6. The van der Waals surface area contributed by atoms with Crippen molar-refractivity contribution in [1.29, 1.82) is 0 Å². The van der Waals surface area contributed by atoms with Crippen molar-refractivity contribution in [2.24, 2.45) is 0 Å². The number of rotatable bonds is 7. The highest BCUT2D eigenvalue weighted by atomic mass is 32.2. The molecule has 1 aromatic rings. The van der Waals surface area contributed by atoms with Gasteiger partial charge in [0, 0.05) is 6.54 Å². The Hall–Kier alpha value is -1.44. The Morgan fingerprint density at radius 2 is 2.11 bits per heavy atom. The molecule has 6 nitrogen and oxygen atoms in total. The molecule has 106 valence electrons. The third-order valence-electron chi connectivity index (χ3n) is 2.48. The third-order valence-corrected chi connectivity index (χ3v) is 3.94. The van der Waals surface area contributed by atoms with Crippen molar-refractivity contribution < 1.29 is 23.4 Å². The zero-order chi connectivity index (χ0) is 14.5. The fourth-order valence-corrected chi connectivity index (χ4v) is 2.60. The maximum Gasteiger partial charge on any atom is 0.335 e. The summed E-state index contributed by atoms with van der Waals surface area (Å²) in [6, 6.07) is 5.16. The Labute approximate surface area is 112 Å². The van der Waals surface area contributed by atoms with Crippen molar-refractivity contribution >= 4 is 16.0 Å². The molecular formula is C12H17NO5S. The number of aliphatic hydroxyl groups excluding tert-OH is 1. The number of carboxylic acid groups (broad SMARTS) is 1. The number of carbonyl (C=O) groups is 1. The van der Waals surface area contributed by atoms with Crippen LogP contribution in [0.3, 0.4) is 0 Å². The van der Waals surface area contributed by atoms with E-state index in [0.717, 1.165) is 6.07 Å². The van der Waals surface area contributed by atoms with Gasteiger partial charge >= 0.3 is 5.97 Å². The van der Waals surface area contributed by atoms with Gasteiger partial charge in [-0.2, -0.15) is 0 Å². The second-order valence-corrected chi connectivity index (χ2v) is 5.99. The van der Waals surface area contributed by atoms with E-state index in [0.29, 0.717) is 12.8 Å². The van der Waals surface area contributed by atoms with Gasteiger partial charge in [-0.05, 0) is 38.0 Å². The SMILES string of the molecule is CC(O)CCCNS(=O)(=O)c1cccc(C(=O)O)c1. The van der Waals surface area contributed by atoms with Gasteiger partial charge in [-0.3, -0.25) is 0 Å². The van der Waals surface area contributed by atoms with Crippen LogP contribution in [0.15, 0.2) is 29.2 Å². The van der Waals surface area contributed by atoms with Crippen molar-refractivity contribution in [3.05, 3.63) is 29.8 Å². The van der Waals surface area contributed by atoms with Gasteiger partial charge in [-0.1, -0.05) is 6.07 Å². The zero-order valence-corrected chi connectivity index (χ0v) is 11.4. The molecule has 0 aromatic heterocycles. The third kappa shape index (κ3) is 4.98. The van der Waals surface area contributed by atoms with Crippen LogP contribution in [0.25, 0.3) is 0 Å². The first-order chi connectivity index (χ1) is 8.83. The molecule has 0 aliphatic carbocycles. The summed E-state index contributed by atoms with van der Waals surface area (Å²) in [5.74, 6) is -1.17. The average Bonchev–Trinajstić information content (AvgIpc) is 2.34. The minimum atomic E-state index is -3.71. The van der Waals surface area contributed by atoms with Crippen LogP contribution in [0.5, 0.6) is 0 Å². The highest BCUT2D eigenvalue weighted by Crippen LogP contribution is 2.11. The highest BCUT2D eigenvalue weighted by Gasteiger charge is 2.15. The Bertz CT molecular complexity index is 539. The largest absolute Gasteiger partial charge is 0.478 e. The number of benzene rings is 1. The lowest BCUT2D eigenvalue weighted by Crippen LogP contribution is -2.25. The number of hydrogen-bond acceptors (Lipinski definition) is 4. The Morgan fingerprint density at radius 1 is 1.42 bits per heavy atom. The van der Waals surface area contributed by atoms with Gasteiger partial charge in [0.2, 0.25) is 10.0 Å². The first-order valence-electron chi connectivity index (χ1n) is 5.84. The molecule has 0 aliphatic heterocycles. The van der Waals surface area contributed by atoms with Gasteiger partial charge in [0.1, 0.15) is 0 Å². The smallest absolute Gasteiger partial charge is 0.335 e. The summed E-state index contributed by atoms with van der Waals surface area (Å²) in [6.45, 7) is 1.83. The molecule has 0 aliphatic rings. The quantitative estimate of drug-likeness (QED) is 0.644. The Kier molecular flexibility index (Phi) is 5.46. The van der Waals surface area contributed by atoms with Gasteiger partial charge in [0.15, 0.2) is 0 Å². The molecule has 0 heterocycles.